The van der Waals surface area contributed by atoms with Crippen molar-refractivity contribution in [2.75, 3.05) is 7.11 Å². The van der Waals surface area contributed by atoms with Gasteiger partial charge in [-0.25, -0.2) is 9.18 Å². The Labute approximate surface area is 81.1 Å². The molecule has 0 aliphatic rings. The minimum absolute atomic E-state index is 0.0348. The van der Waals surface area contributed by atoms with Gasteiger partial charge in [0, 0.05) is 6.42 Å². The van der Waals surface area contributed by atoms with Gasteiger partial charge in [0.2, 0.25) is 6.17 Å². The monoisotopic (exact) mass is 198 g/mol. The molecule has 14 heavy (non-hydrogen) atoms. The van der Waals surface area contributed by atoms with Crippen LogP contribution >= 0.6 is 0 Å². The smallest absolute Gasteiger partial charge is 0.340 e. The van der Waals surface area contributed by atoms with E-state index in [1.165, 1.54) is 12.1 Å². The molecule has 0 bridgehead atoms. The number of phenols is 1. The zero-order valence-corrected chi connectivity index (χ0v) is 7.74. The fraction of sp³-hybridized carbons (Fsp3) is 0.300. The molecule has 0 saturated carbocycles. The molecule has 0 aliphatic carbocycles. The van der Waals surface area contributed by atoms with Crippen molar-refractivity contribution in [1.82, 2.24) is 0 Å². The fourth-order valence-corrected chi connectivity index (χ4v) is 1.05. The molecule has 0 saturated heterocycles. The number of carbonyl (C=O) groups is 1. The third kappa shape index (κ3) is 2.73. The van der Waals surface area contributed by atoms with Gasteiger partial charge in [-0.2, -0.15) is 0 Å². The van der Waals surface area contributed by atoms with E-state index in [-0.39, 0.29) is 12.2 Å². The molecule has 1 atom stereocenters. The van der Waals surface area contributed by atoms with Crippen molar-refractivity contribution >= 4 is 5.97 Å². The maximum atomic E-state index is 13.0. The first-order valence-electron chi connectivity index (χ1n) is 4.13. The number of carbonyl (C=O) groups excluding carboxylic acids is 1. The lowest BCUT2D eigenvalue weighted by Gasteiger charge is -2.05. The highest BCUT2D eigenvalue weighted by Crippen LogP contribution is 2.12. The summed E-state index contributed by atoms with van der Waals surface area (Å²) in [5.74, 6) is -0.764. The Hall–Kier alpha value is -1.58. The van der Waals surface area contributed by atoms with Crippen molar-refractivity contribution in [2.45, 2.75) is 12.6 Å². The second-order valence-electron chi connectivity index (χ2n) is 2.86. The van der Waals surface area contributed by atoms with Crippen molar-refractivity contribution in [3.05, 3.63) is 29.8 Å². The molecule has 0 spiro atoms. The lowest BCUT2D eigenvalue weighted by atomic mass is 10.1. The number of hydrogen-bond acceptors (Lipinski definition) is 3. The van der Waals surface area contributed by atoms with Gasteiger partial charge in [-0.15, -0.1) is 0 Å². The fourth-order valence-electron chi connectivity index (χ4n) is 1.05. The van der Waals surface area contributed by atoms with Gasteiger partial charge in [-0.05, 0) is 17.7 Å². The van der Waals surface area contributed by atoms with Gasteiger partial charge in [-0.3, -0.25) is 0 Å². The first-order valence-corrected chi connectivity index (χ1v) is 4.13. The highest BCUT2D eigenvalue weighted by Gasteiger charge is 2.17. The van der Waals surface area contributed by atoms with Crippen LogP contribution in [0.1, 0.15) is 5.56 Å². The predicted octanol–water partition coefficient (Wildman–Crippen LogP) is 1.45. The molecule has 1 rings (SSSR count). The van der Waals surface area contributed by atoms with Gasteiger partial charge < -0.3 is 9.84 Å². The number of halogens is 1. The van der Waals surface area contributed by atoms with Crippen molar-refractivity contribution in [3.8, 4) is 5.75 Å². The first-order chi connectivity index (χ1) is 6.63. The number of methoxy groups -OCH3 is 1. The van der Waals surface area contributed by atoms with Crippen LogP contribution in [0.3, 0.4) is 0 Å². The van der Waals surface area contributed by atoms with Crippen LogP contribution in [0.5, 0.6) is 5.75 Å². The average Bonchev–Trinajstić information content (AvgIpc) is 2.20. The van der Waals surface area contributed by atoms with Crippen LogP contribution in [-0.2, 0) is 16.0 Å². The zero-order chi connectivity index (χ0) is 10.6. The van der Waals surface area contributed by atoms with Crippen molar-refractivity contribution in [3.63, 3.8) is 0 Å². The van der Waals surface area contributed by atoms with E-state index in [1.807, 2.05) is 0 Å². The number of alkyl halides is 1. The second-order valence-corrected chi connectivity index (χ2v) is 2.86. The van der Waals surface area contributed by atoms with Crippen molar-refractivity contribution in [2.24, 2.45) is 0 Å². The Morgan fingerprint density at radius 1 is 1.50 bits per heavy atom. The van der Waals surface area contributed by atoms with E-state index in [0.717, 1.165) is 7.11 Å². The molecule has 76 valence electrons. The summed E-state index contributed by atoms with van der Waals surface area (Å²) in [5.41, 5.74) is 0.640. The Balaban J connectivity index is 2.60. The number of aromatic hydroxyl groups is 1. The minimum Gasteiger partial charge on any atom is -0.508 e. The topological polar surface area (TPSA) is 46.5 Å². The molecule has 0 heterocycles. The lowest BCUT2D eigenvalue weighted by molar-refractivity contribution is -0.146. The summed E-state index contributed by atoms with van der Waals surface area (Å²) in [6.45, 7) is 0. The maximum Gasteiger partial charge on any atom is 0.340 e. The molecule has 0 aliphatic heterocycles. The normalized spacial score (nSPS) is 12.1. The molecule has 1 N–H and O–H groups in total. The molecular formula is C10H11FO3. The van der Waals surface area contributed by atoms with Gasteiger partial charge in [0.25, 0.3) is 0 Å². The van der Waals surface area contributed by atoms with Gasteiger partial charge in [-0.1, -0.05) is 12.1 Å². The van der Waals surface area contributed by atoms with Crippen LogP contribution in [0, 0.1) is 0 Å². The van der Waals surface area contributed by atoms with E-state index >= 15 is 0 Å². The van der Waals surface area contributed by atoms with E-state index in [9.17, 15) is 9.18 Å². The maximum absolute atomic E-state index is 13.0. The largest absolute Gasteiger partial charge is 0.508 e. The van der Waals surface area contributed by atoms with Crippen LogP contribution in [0.4, 0.5) is 4.39 Å². The van der Waals surface area contributed by atoms with Crippen molar-refractivity contribution < 1.29 is 19.0 Å². The van der Waals surface area contributed by atoms with Gasteiger partial charge in [0.05, 0.1) is 7.11 Å². The number of rotatable bonds is 3. The van der Waals surface area contributed by atoms with E-state index in [2.05, 4.69) is 4.74 Å². The summed E-state index contributed by atoms with van der Waals surface area (Å²) in [5, 5.41) is 8.96. The standard InChI is InChI=1S/C10H11FO3/c1-14-10(13)9(11)6-7-2-4-8(12)5-3-7/h2-5,9,12H,6H2,1H3. The van der Waals surface area contributed by atoms with E-state index in [1.54, 1.807) is 12.1 Å². The molecule has 4 heteroatoms. The molecule has 0 aromatic heterocycles. The van der Waals surface area contributed by atoms with Crippen molar-refractivity contribution in [1.29, 1.82) is 0 Å². The van der Waals surface area contributed by atoms with Crippen LogP contribution in [0.2, 0.25) is 0 Å². The highest BCUT2D eigenvalue weighted by atomic mass is 19.1. The van der Waals surface area contributed by atoms with E-state index in [0.29, 0.717) is 5.56 Å². The van der Waals surface area contributed by atoms with Crippen LogP contribution in [0.25, 0.3) is 0 Å². The molecule has 3 nitrogen and oxygen atoms in total. The zero-order valence-electron chi connectivity index (χ0n) is 7.74. The predicted molar refractivity (Wildman–Crippen MR) is 48.7 cm³/mol. The summed E-state index contributed by atoms with van der Waals surface area (Å²) in [4.78, 5) is 10.7. The SMILES string of the molecule is COC(=O)C(F)Cc1ccc(O)cc1. The van der Waals surface area contributed by atoms with Crippen LogP contribution in [0.15, 0.2) is 24.3 Å². The van der Waals surface area contributed by atoms with Gasteiger partial charge >= 0.3 is 5.97 Å². The molecule has 1 aromatic carbocycles. The molecular weight excluding hydrogens is 187 g/mol. The number of esters is 1. The molecule has 0 fully saturated rings. The number of phenolic OH excluding ortho intramolecular Hbond substituents is 1. The van der Waals surface area contributed by atoms with Crippen LogP contribution < -0.4 is 0 Å². The summed E-state index contributed by atoms with van der Waals surface area (Å²) in [6.07, 6.45) is -1.68. The quantitative estimate of drug-likeness (QED) is 0.747. The summed E-state index contributed by atoms with van der Waals surface area (Å²) >= 11 is 0. The summed E-state index contributed by atoms with van der Waals surface area (Å²) in [6, 6.07) is 6.01. The average molecular weight is 198 g/mol. The minimum atomic E-state index is -1.65. The van der Waals surface area contributed by atoms with Crippen LogP contribution in [-0.4, -0.2) is 24.4 Å². The van der Waals surface area contributed by atoms with Gasteiger partial charge in [0.15, 0.2) is 0 Å². The molecule has 0 radical (unpaired) electrons. The van der Waals surface area contributed by atoms with E-state index in [4.69, 9.17) is 5.11 Å². The molecule has 1 aromatic rings. The van der Waals surface area contributed by atoms with Gasteiger partial charge in [0.1, 0.15) is 5.75 Å². The Morgan fingerprint density at radius 2 is 2.07 bits per heavy atom. The highest BCUT2D eigenvalue weighted by molar-refractivity contribution is 5.74. The Bertz CT molecular complexity index is 308. The lowest BCUT2D eigenvalue weighted by Crippen LogP contribution is -2.19. The number of hydrogen-bond donors (Lipinski definition) is 1. The first kappa shape index (κ1) is 10.5. The Kier molecular flexibility index (Phi) is 3.45. The third-order valence-corrected chi connectivity index (χ3v) is 1.81. The second kappa shape index (κ2) is 4.60. The molecule has 1 unspecified atom stereocenters. The van der Waals surface area contributed by atoms with E-state index < -0.39 is 12.1 Å². The third-order valence-electron chi connectivity index (χ3n) is 1.81. The Morgan fingerprint density at radius 3 is 2.57 bits per heavy atom. The number of benzene rings is 1. The summed E-state index contributed by atoms with van der Waals surface area (Å²) in [7, 11) is 1.14. The molecule has 0 amide bonds. The summed E-state index contributed by atoms with van der Waals surface area (Å²) < 4.78 is 17.3. The number of ether oxygens (including phenoxy) is 1.